The van der Waals surface area contributed by atoms with Gasteiger partial charge in [-0.25, -0.2) is 0 Å². The zero-order chi connectivity index (χ0) is 18.2. The predicted octanol–water partition coefficient (Wildman–Crippen LogP) is 3.84. The van der Waals surface area contributed by atoms with E-state index in [9.17, 15) is 9.59 Å². The molecule has 2 aliphatic rings. The molecule has 0 unspecified atom stereocenters. The van der Waals surface area contributed by atoms with Crippen LogP contribution < -0.4 is 0 Å². The molecule has 2 rings (SSSR count). The second-order valence-corrected chi connectivity index (χ2v) is 7.15. The molecule has 8 heteroatoms. The number of rotatable bonds is 6. The Morgan fingerprint density at radius 1 is 0.920 bits per heavy atom. The fourth-order valence-corrected chi connectivity index (χ4v) is 3.50. The van der Waals surface area contributed by atoms with Crippen LogP contribution in [0.15, 0.2) is 5.28 Å². The van der Waals surface area contributed by atoms with Crippen molar-refractivity contribution in [3.63, 3.8) is 0 Å². The van der Waals surface area contributed by atoms with E-state index in [2.05, 4.69) is 10.2 Å². The Morgan fingerprint density at radius 3 is 1.96 bits per heavy atom. The van der Waals surface area contributed by atoms with E-state index in [0.717, 1.165) is 0 Å². The van der Waals surface area contributed by atoms with Crippen LogP contribution in [-0.2, 0) is 23.9 Å². The summed E-state index contributed by atoms with van der Waals surface area (Å²) in [6, 6.07) is 0. The van der Waals surface area contributed by atoms with Crippen molar-refractivity contribution in [2.45, 2.75) is 83.5 Å². The van der Waals surface area contributed by atoms with Crippen molar-refractivity contribution >= 4 is 11.9 Å². The smallest absolute Gasteiger partial charge is 0.309 e. The second-order valence-electron chi connectivity index (χ2n) is 7.15. The second kappa shape index (κ2) is 9.51. The van der Waals surface area contributed by atoms with E-state index in [1.165, 1.54) is 0 Å². The molecular formula is C17H27N3O5. The summed E-state index contributed by atoms with van der Waals surface area (Å²) in [4.78, 5) is 31.8. The van der Waals surface area contributed by atoms with E-state index in [1.54, 1.807) is 0 Å². The summed E-state index contributed by atoms with van der Waals surface area (Å²) in [6.07, 6.45) is 5.25. The Labute approximate surface area is 147 Å². The summed E-state index contributed by atoms with van der Waals surface area (Å²) in [6.45, 7) is 3.69. The van der Waals surface area contributed by atoms with Crippen LogP contribution in [0, 0.1) is 11.8 Å². The lowest BCUT2D eigenvalue weighted by Gasteiger charge is -2.30. The van der Waals surface area contributed by atoms with Crippen molar-refractivity contribution in [3.05, 3.63) is 10.4 Å². The lowest BCUT2D eigenvalue weighted by atomic mass is 9.86. The van der Waals surface area contributed by atoms with Crippen LogP contribution in [0.1, 0.15) is 65.2 Å². The van der Waals surface area contributed by atoms with Gasteiger partial charge in [0.2, 0.25) is 0 Å². The number of hydrogen-bond acceptors (Lipinski definition) is 6. The monoisotopic (exact) mass is 353 g/mol. The van der Waals surface area contributed by atoms with Gasteiger partial charge in [-0.3, -0.25) is 9.59 Å². The summed E-state index contributed by atoms with van der Waals surface area (Å²) < 4.78 is 10.9. The average Bonchev–Trinajstić information content (AvgIpc) is 2.60. The number of carbonyl (C=O) groups excluding carboxylic acids is 2. The van der Waals surface area contributed by atoms with Gasteiger partial charge in [0.15, 0.2) is 0 Å². The standard InChI is InChI=1S/C17H27N3O5/c1-11(2)23-16(21)12-3-7-14(8-4-12)24-17(22)13-5-9-15(10-6-13)25-20-19-18/h11-15H,3-10H2,1-2H3. The fourth-order valence-electron chi connectivity index (χ4n) is 3.50. The molecule has 0 radical (unpaired) electrons. The predicted molar refractivity (Wildman–Crippen MR) is 89.0 cm³/mol. The number of hydrogen-bond donors (Lipinski definition) is 0. The van der Waals surface area contributed by atoms with Crippen molar-refractivity contribution in [3.8, 4) is 0 Å². The van der Waals surface area contributed by atoms with Crippen molar-refractivity contribution < 1.29 is 23.9 Å². The van der Waals surface area contributed by atoms with E-state index in [1.807, 2.05) is 13.8 Å². The third-order valence-electron chi connectivity index (χ3n) is 4.88. The molecule has 8 nitrogen and oxygen atoms in total. The molecule has 0 atom stereocenters. The molecule has 0 spiro atoms. The van der Waals surface area contributed by atoms with E-state index >= 15 is 0 Å². The highest BCUT2D eigenvalue weighted by atomic mass is 16.6. The van der Waals surface area contributed by atoms with Crippen LogP contribution >= 0.6 is 0 Å². The maximum atomic E-state index is 12.3. The Bertz CT molecular complexity index is 502. The van der Waals surface area contributed by atoms with Gasteiger partial charge in [0.05, 0.1) is 17.9 Å². The van der Waals surface area contributed by atoms with Crippen molar-refractivity contribution in [1.82, 2.24) is 0 Å². The van der Waals surface area contributed by atoms with Gasteiger partial charge in [-0.05, 0) is 70.7 Å². The van der Waals surface area contributed by atoms with Crippen molar-refractivity contribution in [2.24, 2.45) is 17.1 Å². The van der Waals surface area contributed by atoms with Crippen LogP contribution in [0.3, 0.4) is 0 Å². The van der Waals surface area contributed by atoms with E-state index < -0.39 is 0 Å². The third-order valence-corrected chi connectivity index (χ3v) is 4.88. The Hall–Kier alpha value is -1.95. The minimum atomic E-state index is -0.157. The molecule has 0 heterocycles. The largest absolute Gasteiger partial charge is 0.463 e. The maximum Gasteiger partial charge on any atom is 0.309 e. The van der Waals surface area contributed by atoms with E-state index in [4.69, 9.17) is 19.8 Å². The van der Waals surface area contributed by atoms with Crippen molar-refractivity contribution in [2.75, 3.05) is 0 Å². The molecule has 2 saturated carbocycles. The number of carbonyl (C=O) groups is 2. The van der Waals surface area contributed by atoms with Crippen LogP contribution in [0.4, 0.5) is 0 Å². The fraction of sp³-hybridized carbons (Fsp3) is 0.882. The molecule has 0 bridgehead atoms. The van der Waals surface area contributed by atoms with E-state index in [0.29, 0.717) is 51.4 Å². The number of azide groups is 1. The molecular weight excluding hydrogens is 326 g/mol. The first kappa shape index (κ1) is 19.4. The van der Waals surface area contributed by atoms with Gasteiger partial charge in [0.1, 0.15) is 17.5 Å². The summed E-state index contributed by atoms with van der Waals surface area (Å²) in [5.41, 5.74) is 8.25. The Kier molecular flexibility index (Phi) is 7.37. The van der Waals surface area contributed by atoms with Gasteiger partial charge in [0.25, 0.3) is 0 Å². The molecule has 0 amide bonds. The molecule has 0 aromatic heterocycles. The van der Waals surface area contributed by atoms with Gasteiger partial charge in [0, 0.05) is 4.91 Å². The summed E-state index contributed by atoms with van der Waals surface area (Å²) >= 11 is 0. The average molecular weight is 353 g/mol. The number of nitrogens with zero attached hydrogens (tertiary/aromatic N) is 3. The van der Waals surface area contributed by atoms with Crippen LogP contribution in [0.5, 0.6) is 0 Å². The summed E-state index contributed by atoms with van der Waals surface area (Å²) in [5.74, 6) is -0.492. The van der Waals surface area contributed by atoms with E-state index in [-0.39, 0.29) is 42.1 Å². The molecule has 0 saturated heterocycles. The van der Waals surface area contributed by atoms with Crippen molar-refractivity contribution in [1.29, 1.82) is 0 Å². The Morgan fingerprint density at radius 2 is 1.44 bits per heavy atom. The molecule has 2 fully saturated rings. The number of esters is 2. The molecule has 0 aromatic rings. The quantitative estimate of drug-likeness (QED) is 0.237. The summed E-state index contributed by atoms with van der Waals surface area (Å²) in [7, 11) is 0. The lowest BCUT2D eigenvalue weighted by Crippen LogP contribution is -2.33. The zero-order valence-electron chi connectivity index (χ0n) is 14.9. The minimum absolute atomic E-state index is 0.0781. The molecule has 0 N–H and O–H groups in total. The van der Waals surface area contributed by atoms with Gasteiger partial charge < -0.3 is 14.3 Å². The van der Waals surface area contributed by atoms with Gasteiger partial charge in [-0.2, -0.15) is 0 Å². The highest BCUT2D eigenvalue weighted by molar-refractivity contribution is 5.73. The topological polar surface area (TPSA) is 111 Å². The van der Waals surface area contributed by atoms with Crippen LogP contribution in [0.25, 0.3) is 10.4 Å². The van der Waals surface area contributed by atoms with Crippen LogP contribution in [0.2, 0.25) is 0 Å². The molecule has 0 aliphatic heterocycles. The van der Waals surface area contributed by atoms with Gasteiger partial charge >= 0.3 is 11.9 Å². The molecule has 2 aliphatic carbocycles. The highest BCUT2D eigenvalue weighted by Gasteiger charge is 2.33. The minimum Gasteiger partial charge on any atom is -0.463 e. The lowest BCUT2D eigenvalue weighted by molar-refractivity contribution is -0.160. The first-order valence-electron chi connectivity index (χ1n) is 9.10. The van der Waals surface area contributed by atoms with Gasteiger partial charge in [-0.1, -0.05) is 0 Å². The normalized spacial score (nSPS) is 29.4. The zero-order valence-corrected chi connectivity index (χ0v) is 14.9. The van der Waals surface area contributed by atoms with Crippen LogP contribution in [-0.4, -0.2) is 30.3 Å². The molecule has 25 heavy (non-hydrogen) atoms. The molecule has 140 valence electrons. The third kappa shape index (κ3) is 6.12. The molecule has 0 aromatic carbocycles. The summed E-state index contributed by atoms with van der Waals surface area (Å²) in [5, 5.41) is 3.12. The SMILES string of the molecule is CC(C)OC(=O)C1CCC(OC(=O)C2CCC(ON=[N+]=[N-])CC2)CC1. The first-order valence-corrected chi connectivity index (χ1v) is 9.10. The number of ether oxygens (including phenoxy) is 2. The van der Waals surface area contributed by atoms with Gasteiger partial charge in [-0.15, -0.1) is 0 Å². The first-order chi connectivity index (χ1) is 12.0. The highest BCUT2D eigenvalue weighted by Crippen LogP contribution is 2.31. The Balaban J connectivity index is 1.69. The maximum absolute atomic E-state index is 12.3.